The summed E-state index contributed by atoms with van der Waals surface area (Å²) in [5.74, 6) is 1.61. The third-order valence-electron chi connectivity index (χ3n) is 3.85. The molecule has 1 aliphatic rings. The van der Waals surface area contributed by atoms with E-state index in [-0.39, 0.29) is 12.1 Å². The quantitative estimate of drug-likeness (QED) is 0.838. The lowest BCUT2D eigenvalue weighted by atomic mass is 9.83. The van der Waals surface area contributed by atoms with Crippen LogP contribution in [0.2, 0.25) is 0 Å². The first-order valence-corrected chi connectivity index (χ1v) is 8.01. The van der Waals surface area contributed by atoms with Crippen molar-refractivity contribution in [3.05, 3.63) is 0 Å². The van der Waals surface area contributed by atoms with Crippen LogP contribution in [0.25, 0.3) is 0 Å². The van der Waals surface area contributed by atoms with Crippen LogP contribution in [0, 0.1) is 5.92 Å². The Kier molecular flexibility index (Phi) is 5.59. The first kappa shape index (κ1) is 15.8. The van der Waals surface area contributed by atoms with Gasteiger partial charge in [-0.05, 0) is 45.4 Å². The van der Waals surface area contributed by atoms with Gasteiger partial charge in [0, 0.05) is 6.04 Å². The molecular weight excluding hydrogens is 266 g/mol. The highest BCUT2D eigenvalue weighted by Gasteiger charge is 2.21. The average Bonchev–Trinajstić information content (AvgIpc) is 2.40. The lowest BCUT2D eigenvalue weighted by Crippen LogP contribution is -2.27. The number of anilines is 2. The van der Waals surface area contributed by atoms with E-state index >= 15 is 0 Å². The second-order valence-electron chi connectivity index (χ2n) is 6.12. The Balaban J connectivity index is 1.92. The zero-order chi connectivity index (χ0) is 15.2. The van der Waals surface area contributed by atoms with Crippen LogP contribution >= 0.6 is 0 Å². The van der Waals surface area contributed by atoms with E-state index in [0.29, 0.717) is 18.0 Å². The molecule has 0 aliphatic heterocycles. The fourth-order valence-electron chi connectivity index (χ4n) is 2.89. The Hall–Kier alpha value is -1.59. The summed E-state index contributed by atoms with van der Waals surface area (Å²) in [5, 5.41) is 3.38. The predicted molar refractivity (Wildman–Crippen MR) is 84.3 cm³/mol. The predicted octanol–water partition coefficient (Wildman–Crippen LogP) is 3.01. The molecule has 3 N–H and O–H groups in total. The number of nitrogens with one attached hydrogen (secondary N) is 1. The molecule has 6 nitrogen and oxygen atoms in total. The van der Waals surface area contributed by atoms with E-state index in [1.807, 2.05) is 13.8 Å². The fraction of sp³-hybridized carbons (Fsp3) is 0.800. The number of rotatable bonds is 6. The van der Waals surface area contributed by atoms with Gasteiger partial charge in [0.25, 0.3) is 0 Å². The van der Waals surface area contributed by atoms with E-state index < -0.39 is 0 Å². The van der Waals surface area contributed by atoms with Crippen LogP contribution in [-0.2, 0) is 0 Å². The number of nitrogen functional groups attached to an aromatic ring is 1. The molecule has 1 saturated carbocycles. The van der Waals surface area contributed by atoms with Gasteiger partial charge in [0.05, 0.1) is 6.10 Å². The first-order valence-electron chi connectivity index (χ1n) is 8.01. The largest absolute Gasteiger partial charge is 0.461 e. The van der Waals surface area contributed by atoms with Crippen LogP contribution in [0.3, 0.4) is 0 Å². The van der Waals surface area contributed by atoms with E-state index in [1.54, 1.807) is 0 Å². The number of nitrogens with zero attached hydrogens (tertiary/aromatic N) is 3. The number of hydrogen-bond donors (Lipinski definition) is 2. The van der Waals surface area contributed by atoms with Gasteiger partial charge >= 0.3 is 6.01 Å². The molecule has 1 fully saturated rings. The van der Waals surface area contributed by atoms with Crippen LogP contribution in [0.15, 0.2) is 0 Å². The second kappa shape index (κ2) is 7.43. The number of hydrogen-bond acceptors (Lipinski definition) is 6. The number of ether oxygens (including phenoxy) is 1. The molecule has 1 aromatic heterocycles. The van der Waals surface area contributed by atoms with E-state index in [1.165, 1.54) is 25.7 Å². The van der Waals surface area contributed by atoms with Crippen LogP contribution in [-0.4, -0.2) is 27.1 Å². The molecule has 1 heterocycles. The molecular formula is C15H27N5O. The van der Waals surface area contributed by atoms with E-state index in [9.17, 15) is 0 Å². The molecule has 0 spiro atoms. The Morgan fingerprint density at radius 2 is 1.90 bits per heavy atom. The molecule has 0 saturated heterocycles. The summed E-state index contributed by atoms with van der Waals surface area (Å²) in [6.07, 6.45) is 7.53. The molecule has 0 aromatic carbocycles. The minimum Gasteiger partial charge on any atom is -0.461 e. The van der Waals surface area contributed by atoms with Crippen molar-refractivity contribution in [1.29, 1.82) is 0 Å². The molecule has 2 rings (SSSR count). The maximum atomic E-state index is 5.72. The summed E-state index contributed by atoms with van der Waals surface area (Å²) in [5.41, 5.74) is 5.72. The molecule has 0 amide bonds. The van der Waals surface area contributed by atoms with Crippen molar-refractivity contribution < 1.29 is 4.74 Å². The lowest BCUT2D eigenvalue weighted by Gasteiger charge is -2.28. The van der Waals surface area contributed by atoms with Gasteiger partial charge in [-0.1, -0.05) is 19.8 Å². The molecule has 0 unspecified atom stereocenters. The molecule has 0 bridgehead atoms. The third-order valence-corrected chi connectivity index (χ3v) is 3.85. The molecule has 1 aromatic rings. The van der Waals surface area contributed by atoms with Gasteiger partial charge in [-0.25, -0.2) is 0 Å². The van der Waals surface area contributed by atoms with E-state index in [4.69, 9.17) is 10.5 Å². The Morgan fingerprint density at radius 3 is 2.52 bits per heavy atom. The second-order valence-corrected chi connectivity index (χ2v) is 6.12. The van der Waals surface area contributed by atoms with Crippen LogP contribution in [0.5, 0.6) is 6.01 Å². The van der Waals surface area contributed by atoms with Crippen molar-refractivity contribution in [3.8, 4) is 6.01 Å². The Morgan fingerprint density at radius 1 is 1.19 bits per heavy atom. The monoisotopic (exact) mass is 293 g/mol. The molecule has 118 valence electrons. The van der Waals surface area contributed by atoms with Crippen molar-refractivity contribution in [3.63, 3.8) is 0 Å². The van der Waals surface area contributed by atoms with Crippen LogP contribution in [0.1, 0.15) is 59.3 Å². The molecule has 6 heteroatoms. The molecule has 0 radical (unpaired) electrons. The Labute approximate surface area is 126 Å². The molecule has 0 atom stereocenters. The van der Waals surface area contributed by atoms with Crippen molar-refractivity contribution in [2.24, 2.45) is 5.92 Å². The van der Waals surface area contributed by atoms with Gasteiger partial charge in [-0.3, -0.25) is 0 Å². The maximum absolute atomic E-state index is 5.72. The summed E-state index contributed by atoms with van der Waals surface area (Å²) < 4.78 is 5.49. The first-order chi connectivity index (χ1) is 10.1. The van der Waals surface area contributed by atoms with Gasteiger partial charge in [0.2, 0.25) is 11.9 Å². The SMILES string of the molecule is CCCC1CCC(Nc2nc(N)nc(OC(C)C)n2)CC1. The number of aromatic nitrogens is 3. The normalized spacial score (nSPS) is 22.3. The van der Waals surface area contributed by atoms with E-state index in [2.05, 4.69) is 27.2 Å². The highest BCUT2D eigenvalue weighted by atomic mass is 16.5. The third kappa shape index (κ3) is 5.02. The minimum atomic E-state index is 0.0177. The van der Waals surface area contributed by atoms with Crippen molar-refractivity contribution in [2.75, 3.05) is 11.1 Å². The highest BCUT2D eigenvalue weighted by Crippen LogP contribution is 2.29. The van der Waals surface area contributed by atoms with Gasteiger partial charge < -0.3 is 15.8 Å². The maximum Gasteiger partial charge on any atom is 0.323 e. The average molecular weight is 293 g/mol. The number of nitrogens with two attached hydrogens (primary N) is 1. The summed E-state index contributed by atoms with van der Waals surface area (Å²) in [6, 6.07) is 0.714. The van der Waals surface area contributed by atoms with Gasteiger partial charge in [-0.15, -0.1) is 0 Å². The van der Waals surface area contributed by atoms with Gasteiger partial charge in [0.1, 0.15) is 0 Å². The summed E-state index contributed by atoms with van der Waals surface area (Å²) in [7, 11) is 0. The van der Waals surface area contributed by atoms with E-state index in [0.717, 1.165) is 18.8 Å². The summed E-state index contributed by atoms with van der Waals surface area (Å²) >= 11 is 0. The van der Waals surface area contributed by atoms with Gasteiger partial charge in [0.15, 0.2) is 0 Å². The topological polar surface area (TPSA) is 86.0 Å². The fourth-order valence-corrected chi connectivity index (χ4v) is 2.89. The lowest BCUT2D eigenvalue weighted by molar-refractivity contribution is 0.222. The smallest absolute Gasteiger partial charge is 0.323 e. The van der Waals surface area contributed by atoms with Crippen molar-refractivity contribution >= 4 is 11.9 Å². The van der Waals surface area contributed by atoms with Crippen molar-refractivity contribution in [2.45, 2.75) is 71.4 Å². The Bertz CT molecular complexity index is 444. The van der Waals surface area contributed by atoms with Crippen LogP contribution in [0.4, 0.5) is 11.9 Å². The van der Waals surface area contributed by atoms with Crippen molar-refractivity contribution in [1.82, 2.24) is 15.0 Å². The zero-order valence-electron chi connectivity index (χ0n) is 13.3. The summed E-state index contributed by atoms with van der Waals surface area (Å²) in [6.45, 7) is 6.12. The highest BCUT2D eigenvalue weighted by molar-refractivity contribution is 5.33. The van der Waals surface area contributed by atoms with Crippen LogP contribution < -0.4 is 15.8 Å². The summed E-state index contributed by atoms with van der Waals surface area (Å²) in [4.78, 5) is 12.4. The molecule has 1 aliphatic carbocycles. The zero-order valence-corrected chi connectivity index (χ0v) is 13.3. The standard InChI is InChI=1S/C15H27N5O/c1-4-5-11-6-8-12(9-7-11)17-14-18-13(16)19-15(20-14)21-10(2)3/h10-12H,4-9H2,1-3H3,(H3,16,17,18,19,20). The molecule has 21 heavy (non-hydrogen) atoms. The van der Waals surface area contributed by atoms with Gasteiger partial charge in [-0.2, -0.15) is 15.0 Å². The minimum absolute atomic E-state index is 0.0177.